The first kappa shape index (κ1) is 25.6. The lowest BCUT2D eigenvalue weighted by molar-refractivity contribution is 0.104. The van der Waals surface area contributed by atoms with Crippen molar-refractivity contribution in [2.75, 3.05) is 28.4 Å². The molecule has 0 amide bonds. The average molecular weight is 502 g/mol. The third-order valence-electron chi connectivity index (χ3n) is 6.02. The summed E-state index contributed by atoms with van der Waals surface area (Å²) in [5.74, 6) is 1.07. The number of ether oxygens (including phenoxy) is 4. The minimum Gasteiger partial charge on any atom is -0.494 e. The second-order valence-corrected chi connectivity index (χ2v) is 8.20. The van der Waals surface area contributed by atoms with Crippen LogP contribution in [0.3, 0.4) is 0 Å². The van der Waals surface area contributed by atoms with Crippen LogP contribution in [0, 0.1) is 5.82 Å². The van der Waals surface area contributed by atoms with Crippen molar-refractivity contribution in [1.82, 2.24) is 4.98 Å². The Bertz CT molecular complexity index is 1460. The summed E-state index contributed by atoms with van der Waals surface area (Å²) in [5.41, 5.74) is 3.73. The number of benzene rings is 3. The first-order valence-electron chi connectivity index (χ1n) is 11.6. The fourth-order valence-electron chi connectivity index (χ4n) is 4.14. The van der Waals surface area contributed by atoms with Crippen LogP contribution in [0.4, 0.5) is 4.39 Å². The van der Waals surface area contributed by atoms with Gasteiger partial charge in [-0.05, 0) is 59.5 Å². The molecule has 0 radical (unpaired) electrons. The van der Waals surface area contributed by atoms with Crippen molar-refractivity contribution in [3.05, 3.63) is 95.0 Å². The number of carbonyl (C=O) groups is 1. The fourth-order valence-corrected chi connectivity index (χ4v) is 4.14. The van der Waals surface area contributed by atoms with E-state index in [9.17, 15) is 9.18 Å². The lowest BCUT2D eigenvalue weighted by atomic mass is 10.0. The highest BCUT2D eigenvalue weighted by molar-refractivity contribution is 6.13. The predicted octanol–water partition coefficient (Wildman–Crippen LogP) is 6.49. The van der Waals surface area contributed by atoms with Gasteiger partial charge in [-0.15, -0.1) is 0 Å². The molecule has 1 N–H and O–H groups in total. The highest BCUT2D eigenvalue weighted by Crippen LogP contribution is 2.38. The van der Waals surface area contributed by atoms with Crippen molar-refractivity contribution in [3.63, 3.8) is 0 Å². The van der Waals surface area contributed by atoms with E-state index < -0.39 is 5.82 Å². The highest BCUT2D eigenvalue weighted by atomic mass is 19.1. The fraction of sp³-hybridized carbons (Fsp3) is 0.167. The summed E-state index contributed by atoms with van der Waals surface area (Å²) in [6.45, 7) is 0. The zero-order valence-electron chi connectivity index (χ0n) is 21.1. The highest BCUT2D eigenvalue weighted by Gasteiger charge is 2.13. The second kappa shape index (κ2) is 11.5. The van der Waals surface area contributed by atoms with E-state index in [0.717, 1.165) is 22.0 Å². The van der Waals surface area contributed by atoms with E-state index in [1.165, 1.54) is 19.3 Å². The van der Waals surface area contributed by atoms with Crippen LogP contribution in [0.1, 0.15) is 27.0 Å². The van der Waals surface area contributed by atoms with Crippen LogP contribution in [0.5, 0.6) is 23.0 Å². The first-order chi connectivity index (χ1) is 18.0. The summed E-state index contributed by atoms with van der Waals surface area (Å²) in [5, 5.41) is 0.870. The van der Waals surface area contributed by atoms with E-state index in [-0.39, 0.29) is 11.5 Å². The van der Waals surface area contributed by atoms with Crippen molar-refractivity contribution in [2.45, 2.75) is 6.42 Å². The van der Waals surface area contributed by atoms with Crippen molar-refractivity contribution in [1.29, 1.82) is 0 Å². The standard InChI is InChI=1S/C30H28FNO5/c1-34-27-17-20(8-7-11-26(33)23-18-32-25-10-6-5-9-22(23)25)21(16-24(27)31)13-12-19-14-28(35-2)30(37-4)29(15-19)36-3/h5-7,9-18,32H,8H2,1-4H3/b11-7-,13-12-. The molecule has 6 nitrogen and oxygen atoms in total. The number of fused-ring (bicyclic) bond motifs is 1. The smallest absolute Gasteiger partial charge is 0.203 e. The molecular formula is C30H28FNO5. The number of H-pyrrole nitrogens is 1. The van der Waals surface area contributed by atoms with Crippen LogP contribution in [0.2, 0.25) is 0 Å². The number of methoxy groups -OCH3 is 4. The Labute approximate surface area is 214 Å². The summed E-state index contributed by atoms with van der Waals surface area (Å²) < 4.78 is 36.0. The number of ketones is 1. The normalized spacial score (nSPS) is 11.4. The molecule has 190 valence electrons. The van der Waals surface area contributed by atoms with Gasteiger partial charge in [-0.2, -0.15) is 0 Å². The first-order valence-corrected chi connectivity index (χ1v) is 11.6. The van der Waals surface area contributed by atoms with Gasteiger partial charge in [0.05, 0.1) is 28.4 Å². The quantitative estimate of drug-likeness (QED) is 0.153. The summed E-state index contributed by atoms with van der Waals surface area (Å²) in [6.07, 6.45) is 9.05. The number of rotatable bonds is 10. The van der Waals surface area contributed by atoms with Gasteiger partial charge in [-0.1, -0.05) is 36.4 Å². The number of aromatic nitrogens is 1. The topological polar surface area (TPSA) is 69.8 Å². The number of halogens is 1. The van der Waals surface area contributed by atoms with Gasteiger partial charge in [0.15, 0.2) is 28.8 Å². The number of hydrogen-bond acceptors (Lipinski definition) is 5. The summed E-state index contributed by atoms with van der Waals surface area (Å²) in [6, 6.07) is 14.3. The molecule has 0 saturated heterocycles. The van der Waals surface area contributed by atoms with E-state index in [4.69, 9.17) is 18.9 Å². The summed E-state index contributed by atoms with van der Waals surface area (Å²) in [4.78, 5) is 15.9. The van der Waals surface area contributed by atoms with Crippen LogP contribution in [-0.4, -0.2) is 39.2 Å². The zero-order valence-corrected chi connectivity index (χ0v) is 21.1. The molecule has 0 saturated carbocycles. The van der Waals surface area contributed by atoms with Crippen molar-refractivity contribution < 1.29 is 28.1 Å². The Morgan fingerprint density at radius 2 is 1.59 bits per heavy atom. The number of allylic oxidation sites excluding steroid dienone is 2. The van der Waals surface area contributed by atoms with Crippen LogP contribution in [0.15, 0.2) is 66.9 Å². The number of para-hydroxylation sites is 1. The predicted molar refractivity (Wildman–Crippen MR) is 143 cm³/mol. The molecule has 0 unspecified atom stereocenters. The molecule has 0 aliphatic rings. The Morgan fingerprint density at radius 3 is 2.27 bits per heavy atom. The van der Waals surface area contributed by atoms with Crippen LogP contribution < -0.4 is 18.9 Å². The lowest BCUT2D eigenvalue weighted by Crippen LogP contribution is -1.97. The van der Waals surface area contributed by atoms with E-state index >= 15 is 0 Å². The summed E-state index contributed by atoms with van der Waals surface area (Å²) in [7, 11) is 6.06. The maximum atomic E-state index is 14.6. The lowest BCUT2D eigenvalue weighted by Gasteiger charge is -2.13. The van der Waals surface area contributed by atoms with E-state index in [1.807, 2.05) is 30.3 Å². The molecule has 1 heterocycles. The monoisotopic (exact) mass is 501 g/mol. The molecule has 0 aliphatic carbocycles. The molecule has 0 spiro atoms. The molecule has 0 atom stereocenters. The van der Waals surface area contributed by atoms with Gasteiger partial charge in [0, 0.05) is 22.7 Å². The Hall–Kier alpha value is -4.52. The minimum absolute atomic E-state index is 0.110. The SMILES string of the molecule is COc1cc(C/C=C\C(=O)c2c[nH]c3ccccc23)c(/C=C\c2cc(OC)c(OC)c(OC)c2)cc1F. The van der Waals surface area contributed by atoms with Crippen molar-refractivity contribution in [3.8, 4) is 23.0 Å². The van der Waals surface area contributed by atoms with Gasteiger partial charge in [-0.3, -0.25) is 4.79 Å². The van der Waals surface area contributed by atoms with Crippen LogP contribution in [-0.2, 0) is 6.42 Å². The van der Waals surface area contributed by atoms with E-state index in [2.05, 4.69) is 4.98 Å². The van der Waals surface area contributed by atoms with Gasteiger partial charge in [0.1, 0.15) is 0 Å². The number of carbonyl (C=O) groups excluding carboxylic acids is 1. The Morgan fingerprint density at radius 1 is 0.892 bits per heavy atom. The van der Waals surface area contributed by atoms with Crippen LogP contribution >= 0.6 is 0 Å². The number of nitrogens with one attached hydrogen (secondary N) is 1. The Balaban J connectivity index is 1.62. The molecular weight excluding hydrogens is 473 g/mol. The molecule has 0 bridgehead atoms. The molecule has 37 heavy (non-hydrogen) atoms. The number of aromatic amines is 1. The van der Waals surface area contributed by atoms with Gasteiger partial charge in [0.2, 0.25) is 5.75 Å². The molecule has 3 aromatic carbocycles. The summed E-state index contributed by atoms with van der Waals surface area (Å²) >= 11 is 0. The molecule has 7 heteroatoms. The average Bonchev–Trinajstić information content (AvgIpc) is 3.36. The largest absolute Gasteiger partial charge is 0.494 e. The van der Waals surface area contributed by atoms with E-state index in [1.54, 1.807) is 57.9 Å². The van der Waals surface area contributed by atoms with Crippen LogP contribution in [0.25, 0.3) is 23.1 Å². The molecule has 4 rings (SSSR count). The minimum atomic E-state index is -0.477. The molecule has 4 aromatic rings. The van der Waals surface area contributed by atoms with Gasteiger partial charge < -0.3 is 23.9 Å². The maximum Gasteiger partial charge on any atom is 0.203 e. The van der Waals surface area contributed by atoms with Gasteiger partial charge in [-0.25, -0.2) is 4.39 Å². The van der Waals surface area contributed by atoms with Crippen molar-refractivity contribution in [2.24, 2.45) is 0 Å². The molecule has 1 aromatic heterocycles. The third kappa shape index (κ3) is 5.51. The second-order valence-electron chi connectivity index (χ2n) is 8.20. The third-order valence-corrected chi connectivity index (χ3v) is 6.02. The zero-order chi connectivity index (χ0) is 26.4. The maximum absolute atomic E-state index is 14.6. The molecule has 0 fully saturated rings. The van der Waals surface area contributed by atoms with Gasteiger partial charge >= 0.3 is 0 Å². The van der Waals surface area contributed by atoms with Crippen molar-refractivity contribution >= 4 is 28.8 Å². The molecule has 0 aliphatic heterocycles. The van der Waals surface area contributed by atoms with E-state index in [0.29, 0.717) is 34.8 Å². The number of hydrogen-bond donors (Lipinski definition) is 1. The van der Waals surface area contributed by atoms with Gasteiger partial charge in [0.25, 0.3) is 0 Å². The Kier molecular flexibility index (Phi) is 7.93.